The quantitative estimate of drug-likeness (QED) is 0.887. The van der Waals surface area contributed by atoms with E-state index in [4.69, 9.17) is 10.5 Å². The van der Waals surface area contributed by atoms with Crippen molar-refractivity contribution < 1.29 is 9.53 Å². The Bertz CT molecular complexity index is 628. The number of nitrogens with two attached hydrogens (primary N) is 1. The molecule has 3 N–H and O–H groups in total. The number of aromatic nitrogens is 2. The van der Waals surface area contributed by atoms with E-state index in [0.717, 1.165) is 12.1 Å². The number of anilines is 2. The number of hydrogen-bond acceptors (Lipinski definition) is 5. The van der Waals surface area contributed by atoms with Crippen LogP contribution in [0.5, 0.6) is 5.75 Å². The first-order valence-corrected chi connectivity index (χ1v) is 6.20. The molecule has 0 aliphatic carbocycles. The average molecular weight is 272 g/mol. The molecule has 2 aromatic rings. The van der Waals surface area contributed by atoms with Gasteiger partial charge >= 0.3 is 0 Å². The topological polar surface area (TPSA) is 90.1 Å². The van der Waals surface area contributed by atoms with Crippen molar-refractivity contribution in [2.45, 2.75) is 13.3 Å². The van der Waals surface area contributed by atoms with Gasteiger partial charge < -0.3 is 15.8 Å². The second kappa shape index (κ2) is 6.01. The van der Waals surface area contributed by atoms with E-state index >= 15 is 0 Å². The van der Waals surface area contributed by atoms with E-state index in [-0.39, 0.29) is 5.91 Å². The van der Waals surface area contributed by atoms with Crippen LogP contribution in [-0.2, 0) is 6.42 Å². The predicted octanol–water partition coefficient (Wildman–Crippen LogP) is 1.88. The van der Waals surface area contributed by atoms with Crippen LogP contribution < -0.4 is 15.8 Å². The lowest BCUT2D eigenvalue weighted by Gasteiger charge is -2.09. The van der Waals surface area contributed by atoms with Gasteiger partial charge in [-0.15, -0.1) is 0 Å². The third-order valence-corrected chi connectivity index (χ3v) is 2.76. The van der Waals surface area contributed by atoms with E-state index in [1.165, 1.54) is 19.4 Å². The number of nitrogens with zero attached hydrogens (tertiary/aromatic N) is 2. The van der Waals surface area contributed by atoms with Crippen LogP contribution in [-0.4, -0.2) is 23.0 Å². The van der Waals surface area contributed by atoms with Crippen molar-refractivity contribution in [3.05, 3.63) is 41.7 Å². The number of amides is 1. The Morgan fingerprint density at radius 3 is 2.95 bits per heavy atom. The van der Waals surface area contributed by atoms with Crippen molar-refractivity contribution in [2.75, 3.05) is 18.2 Å². The summed E-state index contributed by atoms with van der Waals surface area (Å²) < 4.78 is 5.13. The Balaban J connectivity index is 2.23. The maximum atomic E-state index is 12.2. The van der Waals surface area contributed by atoms with Crippen LogP contribution in [0.15, 0.2) is 30.5 Å². The Morgan fingerprint density at radius 1 is 1.45 bits per heavy atom. The molecule has 0 aromatic carbocycles. The van der Waals surface area contributed by atoms with Crippen molar-refractivity contribution in [1.82, 2.24) is 9.97 Å². The minimum Gasteiger partial charge on any atom is -0.496 e. The molecule has 2 rings (SSSR count). The Morgan fingerprint density at radius 2 is 2.25 bits per heavy atom. The summed E-state index contributed by atoms with van der Waals surface area (Å²) in [5.41, 5.74) is 6.78. The van der Waals surface area contributed by atoms with Gasteiger partial charge in [0.05, 0.1) is 7.11 Å². The standard InChI is InChI=1S/C14H16N4O2/c1-3-9-5-4-6-13(17-9)18-14(19)10-8-16-12(15)7-11(10)20-2/h4-8H,3H2,1-2H3,(H2,15,16)(H,17,18,19). The lowest BCUT2D eigenvalue weighted by Crippen LogP contribution is -2.15. The molecule has 0 aliphatic heterocycles. The smallest absolute Gasteiger partial charge is 0.262 e. The van der Waals surface area contributed by atoms with E-state index in [1.54, 1.807) is 6.07 Å². The highest BCUT2D eigenvalue weighted by Gasteiger charge is 2.14. The van der Waals surface area contributed by atoms with Crippen molar-refractivity contribution in [2.24, 2.45) is 0 Å². The van der Waals surface area contributed by atoms with Gasteiger partial charge in [0.15, 0.2) is 0 Å². The molecular weight excluding hydrogens is 256 g/mol. The highest BCUT2D eigenvalue weighted by molar-refractivity contribution is 6.05. The summed E-state index contributed by atoms with van der Waals surface area (Å²) in [4.78, 5) is 20.4. The summed E-state index contributed by atoms with van der Waals surface area (Å²) in [5.74, 6) is 0.828. The normalized spacial score (nSPS) is 10.1. The highest BCUT2D eigenvalue weighted by atomic mass is 16.5. The molecular formula is C14H16N4O2. The van der Waals surface area contributed by atoms with Gasteiger partial charge in [-0.05, 0) is 18.6 Å². The number of nitrogen functional groups attached to an aromatic ring is 1. The van der Waals surface area contributed by atoms with Gasteiger partial charge in [-0.1, -0.05) is 13.0 Å². The largest absolute Gasteiger partial charge is 0.496 e. The van der Waals surface area contributed by atoms with Gasteiger partial charge in [0.2, 0.25) is 0 Å². The number of aryl methyl sites for hydroxylation is 1. The number of carbonyl (C=O) groups is 1. The summed E-state index contributed by atoms with van der Waals surface area (Å²) in [6.07, 6.45) is 2.18. The fourth-order valence-electron chi connectivity index (χ4n) is 1.72. The number of pyridine rings is 2. The molecule has 20 heavy (non-hydrogen) atoms. The molecule has 0 bridgehead atoms. The molecule has 0 saturated heterocycles. The molecule has 6 nitrogen and oxygen atoms in total. The molecule has 0 unspecified atom stereocenters. The van der Waals surface area contributed by atoms with Gasteiger partial charge in [-0.25, -0.2) is 9.97 Å². The van der Waals surface area contributed by atoms with Crippen molar-refractivity contribution in [3.8, 4) is 5.75 Å². The van der Waals surface area contributed by atoms with Crippen LogP contribution in [0.25, 0.3) is 0 Å². The summed E-state index contributed by atoms with van der Waals surface area (Å²) >= 11 is 0. The minimum absolute atomic E-state index is 0.296. The van der Waals surface area contributed by atoms with Crippen molar-refractivity contribution >= 4 is 17.5 Å². The summed E-state index contributed by atoms with van der Waals surface area (Å²) in [6.45, 7) is 2.00. The zero-order valence-corrected chi connectivity index (χ0v) is 11.4. The third-order valence-electron chi connectivity index (χ3n) is 2.76. The van der Waals surface area contributed by atoms with Crippen LogP contribution in [0, 0.1) is 0 Å². The van der Waals surface area contributed by atoms with E-state index < -0.39 is 0 Å². The SMILES string of the molecule is CCc1cccc(NC(=O)c2cnc(N)cc2OC)n1. The molecule has 6 heteroatoms. The van der Waals surface area contributed by atoms with E-state index in [1.807, 2.05) is 19.1 Å². The van der Waals surface area contributed by atoms with Crippen LogP contribution in [0.2, 0.25) is 0 Å². The maximum Gasteiger partial charge on any atom is 0.262 e. The molecule has 0 saturated carbocycles. The van der Waals surface area contributed by atoms with Crippen molar-refractivity contribution in [1.29, 1.82) is 0 Å². The van der Waals surface area contributed by atoms with Gasteiger partial charge in [0.1, 0.15) is 22.9 Å². The highest BCUT2D eigenvalue weighted by Crippen LogP contribution is 2.20. The first-order chi connectivity index (χ1) is 9.63. The first-order valence-electron chi connectivity index (χ1n) is 6.20. The maximum absolute atomic E-state index is 12.2. The number of nitrogens with one attached hydrogen (secondary N) is 1. The van der Waals surface area contributed by atoms with Crippen LogP contribution in [0.4, 0.5) is 11.6 Å². The zero-order chi connectivity index (χ0) is 14.5. The lowest BCUT2D eigenvalue weighted by atomic mass is 10.2. The van der Waals surface area contributed by atoms with Crippen LogP contribution in [0.3, 0.4) is 0 Å². The number of rotatable bonds is 4. The third kappa shape index (κ3) is 3.03. The average Bonchev–Trinajstić information content (AvgIpc) is 2.47. The summed E-state index contributed by atoms with van der Waals surface area (Å²) in [7, 11) is 1.47. The molecule has 2 aromatic heterocycles. The van der Waals surface area contributed by atoms with Gasteiger partial charge in [-0.2, -0.15) is 0 Å². The first kappa shape index (κ1) is 13.8. The number of carbonyl (C=O) groups excluding carboxylic acids is 1. The predicted molar refractivity (Wildman–Crippen MR) is 76.8 cm³/mol. The molecule has 1 amide bonds. The van der Waals surface area contributed by atoms with Gasteiger partial charge in [-0.3, -0.25) is 4.79 Å². The lowest BCUT2D eigenvalue weighted by molar-refractivity contribution is 0.102. The van der Waals surface area contributed by atoms with E-state index in [0.29, 0.717) is 22.9 Å². The van der Waals surface area contributed by atoms with Gasteiger partial charge in [0, 0.05) is 18.0 Å². The Kier molecular flexibility index (Phi) is 4.14. The summed E-state index contributed by atoms with van der Waals surface area (Å²) in [6, 6.07) is 6.99. The van der Waals surface area contributed by atoms with Gasteiger partial charge in [0.25, 0.3) is 5.91 Å². The number of hydrogen-bond donors (Lipinski definition) is 2. The number of ether oxygens (including phenoxy) is 1. The molecule has 0 atom stereocenters. The number of methoxy groups -OCH3 is 1. The second-order valence-electron chi connectivity index (χ2n) is 4.13. The van der Waals surface area contributed by atoms with Crippen molar-refractivity contribution in [3.63, 3.8) is 0 Å². The van der Waals surface area contributed by atoms with Crippen LogP contribution in [0.1, 0.15) is 23.0 Å². The molecule has 0 aliphatic rings. The molecule has 0 spiro atoms. The minimum atomic E-state index is -0.338. The Labute approximate surface area is 117 Å². The monoisotopic (exact) mass is 272 g/mol. The second-order valence-corrected chi connectivity index (χ2v) is 4.13. The van der Waals surface area contributed by atoms with E-state index in [9.17, 15) is 4.79 Å². The molecule has 0 radical (unpaired) electrons. The fraction of sp³-hybridized carbons (Fsp3) is 0.214. The molecule has 0 fully saturated rings. The molecule has 2 heterocycles. The van der Waals surface area contributed by atoms with E-state index in [2.05, 4.69) is 15.3 Å². The fourth-order valence-corrected chi connectivity index (χ4v) is 1.72. The van der Waals surface area contributed by atoms with Crippen LogP contribution >= 0.6 is 0 Å². The molecule has 104 valence electrons. The zero-order valence-electron chi connectivity index (χ0n) is 11.4. The summed E-state index contributed by atoms with van der Waals surface area (Å²) in [5, 5.41) is 2.72. The Hall–Kier alpha value is -2.63.